The summed E-state index contributed by atoms with van der Waals surface area (Å²) >= 11 is 0. The first-order chi connectivity index (χ1) is 16.5. The molecule has 2 aliphatic heterocycles. The number of rotatable bonds is 8. The van der Waals surface area contributed by atoms with Crippen LogP contribution in [0.2, 0.25) is 0 Å². The molecule has 9 nitrogen and oxygen atoms in total. The zero-order chi connectivity index (χ0) is 23.9. The molecule has 2 saturated heterocycles. The predicted octanol–water partition coefficient (Wildman–Crippen LogP) is 2.70. The average molecular weight is 468 g/mol. The summed E-state index contributed by atoms with van der Waals surface area (Å²) in [5.74, 6) is 0.439. The van der Waals surface area contributed by atoms with Crippen LogP contribution in [0.25, 0.3) is 0 Å². The summed E-state index contributed by atoms with van der Waals surface area (Å²) in [4.78, 5) is 40.7. The quantitative estimate of drug-likeness (QED) is 0.641. The lowest BCUT2D eigenvalue weighted by molar-refractivity contribution is -0.137. The van der Waals surface area contributed by atoms with Gasteiger partial charge in [0, 0.05) is 43.0 Å². The Hall–Kier alpha value is -3.59. The van der Waals surface area contributed by atoms with Gasteiger partial charge in [-0.05, 0) is 49.7 Å². The SMILES string of the molecule is CCOc1cc(C(=O)Nc2cccc(N3CCCC3=O)c2)ccc1OCC(=O)N1CCOCC1. The highest BCUT2D eigenvalue weighted by Gasteiger charge is 2.22. The second kappa shape index (κ2) is 11.0. The molecule has 0 unspecified atom stereocenters. The van der Waals surface area contributed by atoms with Crippen LogP contribution in [0.5, 0.6) is 11.5 Å². The van der Waals surface area contributed by atoms with E-state index in [0.717, 1.165) is 12.1 Å². The first kappa shape index (κ1) is 23.6. The molecular formula is C25H29N3O6. The minimum Gasteiger partial charge on any atom is -0.490 e. The highest BCUT2D eigenvalue weighted by Crippen LogP contribution is 2.30. The fourth-order valence-electron chi connectivity index (χ4n) is 3.96. The van der Waals surface area contributed by atoms with Gasteiger partial charge in [0.25, 0.3) is 11.8 Å². The fraction of sp³-hybridized carbons (Fsp3) is 0.400. The van der Waals surface area contributed by atoms with Crippen LogP contribution in [0.4, 0.5) is 11.4 Å². The van der Waals surface area contributed by atoms with Crippen molar-refractivity contribution in [1.29, 1.82) is 0 Å². The molecule has 0 radical (unpaired) electrons. The summed E-state index contributed by atoms with van der Waals surface area (Å²) in [6.45, 7) is 4.93. The van der Waals surface area contributed by atoms with E-state index in [2.05, 4.69) is 5.32 Å². The zero-order valence-corrected chi connectivity index (χ0v) is 19.2. The van der Waals surface area contributed by atoms with Crippen molar-refractivity contribution < 1.29 is 28.6 Å². The third-order valence-corrected chi connectivity index (χ3v) is 5.71. The molecule has 0 atom stereocenters. The van der Waals surface area contributed by atoms with Crippen molar-refractivity contribution in [3.05, 3.63) is 48.0 Å². The van der Waals surface area contributed by atoms with Crippen molar-refractivity contribution in [1.82, 2.24) is 4.90 Å². The normalized spacial score (nSPS) is 15.9. The molecule has 4 rings (SSSR count). The minimum atomic E-state index is -0.318. The summed E-state index contributed by atoms with van der Waals surface area (Å²) in [5, 5.41) is 2.87. The molecule has 0 saturated carbocycles. The van der Waals surface area contributed by atoms with Crippen molar-refractivity contribution in [3.8, 4) is 11.5 Å². The molecule has 2 aliphatic rings. The lowest BCUT2D eigenvalue weighted by Gasteiger charge is -2.26. The summed E-state index contributed by atoms with van der Waals surface area (Å²) in [6.07, 6.45) is 1.38. The molecule has 2 heterocycles. The number of carbonyl (C=O) groups excluding carboxylic acids is 3. The van der Waals surface area contributed by atoms with E-state index in [9.17, 15) is 14.4 Å². The Labute approximate surface area is 198 Å². The summed E-state index contributed by atoms with van der Waals surface area (Å²) < 4.78 is 16.6. The van der Waals surface area contributed by atoms with Gasteiger partial charge in [-0.25, -0.2) is 0 Å². The van der Waals surface area contributed by atoms with Gasteiger partial charge in [0.1, 0.15) is 0 Å². The Morgan fingerprint density at radius 3 is 2.59 bits per heavy atom. The number of carbonyl (C=O) groups is 3. The van der Waals surface area contributed by atoms with Gasteiger partial charge in [0.15, 0.2) is 18.1 Å². The first-order valence-electron chi connectivity index (χ1n) is 11.5. The first-order valence-corrected chi connectivity index (χ1v) is 11.5. The Morgan fingerprint density at radius 1 is 1.03 bits per heavy atom. The third-order valence-electron chi connectivity index (χ3n) is 5.71. The van der Waals surface area contributed by atoms with Crippen molar-refractivity contribution in [3.63, 3.8) is 0 Å². The zero-order valence-electron chi connectivity index (χ0n) is 19.2. The lowest BCUT2D eigenvalue weighted by atomic mass is 10.1. The van der Waals surface area contributed by atoms with Crippen LogP contribution in [0.1, 0.15) is 30.1 Å². The third kappa shape index (κ3) is 5.66. The molecule has 2 aromatic carbocycles. The number of anilines is 2. The van der Waals surface area contributed by atoms with E-state index in [-0.39, 0.29) is 24.3 Å². The minimum absolute atomic E-state index is 0.0903. The molecule has 0 aliphatic carbocycles. The maximum atomic E-state index is 12.9. The Bertz CT molecular complexity index is 1050. The van der Waals surface area contributed by atoms with Gasteiger partial charge in [0.2, 0.25) is 5.91 Å². The van der Waals surface area contributed by atoms with Gasteiger partial charge in [-0.1, -0.05) is 6.07 Å². The van der Waals surface area contributed by atoms with E-state index >= 15 is 0 Å². The number of morpholine rings is 1. The fourth-order valence-corrected chi connectivity index (χ4v) is 3.96. The standard InChI is InChI=1S/C25H29N3O6/c1-2-33-22-15-18(8-9-21(22)34-17-24(30)27-11-13-32-14-12-27)25(31)26-19-5-3-6-20(16-19)28-10-4-7-23(28)29/h3,5-6,8-9,15-16H,2,4,7,10-14,17H2,1H3,(H,26,31). The van der Waals surface area contributed by atoms with E-state index < -0.39 is 0 Å². The summed E-state index contributed by atoms with van der Waals surface area (Å²) in [5.41, 5.74) is 1.75. The van der Waals surface area contributed by atoms with Crippen LogP contribution >= 0.6 is 0 Å². The molecule has 180 valence electrons. The smallest absolute Gasteiger partial charge is 0.260 e. The number of amides is 3. The number of nitrogens with zero attached hydrogens (tertiary/aromatic N) is 2. The van der Waals surface area contributed by atoms with E-state index in [1.54, 1.807) is 40.1 Å². The number of ether oxygens (including phenoxy) is 3. The molecule has 0 bridgehead atoms. The van der Waals surface area contributed by atoms with E-state index in [1.165, 1.54) is 0 Å². The van der Waals surface area contributed by atoms with Crippen molar-refractivity contribution in [2.45, 2.75) is 19.8 Å². The van der Waals surface area contributed by atoms with Gasteiger partial charge in [-0.3, -0.25) is 14.4 Å². The van der Waals surface area contributed by atoms with Gasteiger partial charge in [0.05, 0.1) is 19.8 Å². The molecule has 9 heteroatoms. The highest BCUT2D eigenvalue weighted by atomic mass is 16.5. The van der Waals surface area contributed by atoms with Crippen LogP contribution in [0.15, 0.2) is 42.5 Å². The number of benzene rings is 2. The highest BCUT2D eigenvalue weighted by molar-refractivity contribution is 6.05. The van der Waals surface area contributed by atoms with E-state index in [1.807, 2.05) is 19.1 Å². The maximum Gasteiger partial charge on any atom is 0.260 e. The van der Waals surface area contributed by atoms with E-state index in [0.29, 0.717) is 68.6 Å². The Morgan fingerprint density at radius 2 is 1.85 bits per heavy atom. The average Bonchev–Trinajstić information content (AvgIpc) is 3.29. The molecule has 2 aromatic rings. The number of nitrogens with one attached hydrogen (secondary N) is 1. The van der Waals surface area contributed by atoms with Crippen molar-refractivity contribution >= 4 is 29.1 Å². The van der Waals surface area contributed by atoms with Crippen molar-refractivity contribution in [2.75, 3.05) is 56.3 Å². The number of hydrogen-bond donors (Lipinski definition) is 1. The summed E-state index contributed by atoms with van der Waals surface area (Å²) in [6, 6.07) is 12.1. The second-order valence-corrected chi connectivity index (χ2v) is 8.03. The molecule has 2 fully saturated rings. The lowest BCUT2D eigenvalue weighted by Crippen LogP contribution is -2.43. The van der Waals surface area contributed by atoms with Gasteiger partial charge in [-0.2, -0.15) is 0 Å². The molecular weight excluding hydrogens is 438 g/mol. The topological polar surface area (TPSA) is 97.4 Å². The molecule has 1 N–H and O–H groups in total. The van der Waals surface area contributed by atoms with Crippen molar-refractivity contribution in [2.24, 2.45) is 0 Å². The summed E-state index contributed by atoms with van der Waals surface area (Å²) in [7, 11) is 0. The van der Waals surface area contributed by atoms with Crippen LogP contribution in [-0.2, 0) is 14.3 Å². The molecule has 0 spiro atoms. The van der Waals surface area contributed by atoms with E-state index in [4.69, 9.17) is 14.2 Å². The monoisotopic (exact) mass is 467 g/mol. The maximum absolute atomic E-state index is 12.9. The Balaban J connectivity index is 1.42. The van der Waals surface area contributed by atoms with Crippen LogP contribution < -0.4 is 19.7 Å². The number of hydrogen-bond acceptors (Lipinski definition) is 6. The molecule has 0 aromatic heterocycles. The van der Waals surface area contributed by atoms with Crippen LogP contribution in [-0.4, -0.2) is 68.7 Å². The predicted molar refractivity (Wildman–Crippen MR) is 126 cm³/mol. The largest absolute Gasteiger partial charge is 0.490 e. The molecule has 3 amide bonds. The molecule has 34 heavy (non-hydrogen) atoms. The van der Waals surface area contributed by atoms with Gasteiger partial charge < -0.3 is 29.3 Å². The Kier molecular flexibility index (Phi) is 7.64. The van der Waals surface area contributed by atoms with Gasteiger partial charge >= 0.3 is 0 Å². The second-order valence-electron chi connectivity index (χ2n) is 8.03. The van der Waals surface area contributed by atoms with Crippen LogP contribution in [0, 0.1) is 0 Å². The van der Waals surface area contributed by atoms with Gasteiger partial charge in [-0.15, -0.1) is 0 Å². The van der Waals surface area contributed by atoms with Crippen LogP contribution in [0.3, 0.4) is 0 Å².